The van der Waals surface area contributed by atoms with Gasteiger partial charge in [0.25, 0.3) is 0 Å². The van der Waals surface area contributed by atoms with Crippen LogP contribution in [0.3, 0.4) is 0 Å². The van der Waals surface area contributed by atoms with Crippen molar-refractivity contribution in [3.63, 3.8) is 0 Å². The summed E-state index contributed by atoms with van der Waals surface area (Å²) < 4.78 is 11.0. The van der Waals surface area contributed by atoms with Gasteiger partial charge in [0.2, 0.25) is 0 Å². The second-order valence-corrected chi connectivity index (χ2v) is 6.26. The van der Waals surface area contributed by atoms with Crippen LogP contribution in [0.25, 0.3) is 0 Å². The van der Waals surface area contributed by atoms with Gasteiger partial charge in [0.15, 0.2) is 0 Å². The number of ether oxygens (including phenoxy) is 2. The van der Waals surface area contributed by atoms with Gasteiger partial charge in [-0.2, -0.15) is 0 Å². The lowest BCUT2D eigenvalue weighted by atomic mass is 9.91. The predicted molar refractivity (Wildman–Crippen MR) is 84.4 cm³/mol. The Morgan fingerprint density at radius 3 is 2.71 bits per heavy atom. The number of nitrogens with one attached hydrogen (secondary N) is 1. The second-order valence-electron chi connectivity index (χ2n) is 6.26. The monoisotopic (exact) mass is 300 g/mol. The molecule has 21 heavy (non-hydrogen) atoms. The van der Waals surface area contributed by atoms with Crippen LogP contribution in [0.2, 0.25) is 0 Å². The van der Waals surface area contributed by atoms with Gasteiger partial charge >= 0.3 is 5.97 Å². The van der Waals surface area contributed by atoms with Crippen molar-refractivity contribution >= 4 is 5.97 Å². The van der Waals surface area contributed by atoms with Crippen LogP contribution in [0, 0.1) is 0 Å². The van der Waals surface area contributed by atoms with Gasteiger partial charge in [0.05, 0.1) is 19.3 Å². The van der Waals surface area contributed by atoms with Crippen LogP contribution in [-0.4, -0.2) is 61.4 Å². The van der Waals surface area contributed by atoms with E-state index in [9.17, 15) is 4.79 Å². The minimum Gasteiger partial charge on any atom is -0.465 e. The quantitative estimate of drug-likeness (QED) is 0.727. The number of carbonyl (C=O) groups is 1. The van der Waals surface area contributed by atoms with Crippen molar-refractivity contribution in [2.24, 2.45) is 0 Å². The van der Waals surface area contributed by atoms with E-state index < -0.39 is 5.54 Å². The summed E-state index contributed by atoms with van der Waals surface area (Å²) in [6.07, 6.45) is 2.04. The van der Waals surface area contributed by atoms with Crippen molar-refractivity contribution in [3.05, 3.63) is 0 Å². The zero-order chi connectivity index (χ0) is 16.0. The highest BCUT2D eigenvalue weighted by molar-refractivity contribution is 5.80. The molecule has 0 saturated carbocycles. The van der Waals surface area contributed by atoms with E-state index in [0.717, 1.165) is 26.0 Å². The van der Waals surface area contributed by atoms with E-state index in [2.05, 4.69) is 31.0 Å². The van der Waals surface area contributed by atoms with Crippen molar-refractivity contribution in [2.75, 3.05) is 26.8 Å². The molecule has 0 radical (unpaired) electrons. The molecule has 1 heterocycles. The molecule has 0 bridgehead atoms. The molecule has 0 aromatic rings. The molecule has 1 rings (SSSR count). The Balaban J connectivity index is 2.75. The summed E-state index contributed by atoms with van der Waals surface area (Å²) in [6, 6.07) is 0.725. The van der Waals surface area contributed by atoms with Gasteiger partial charge in [-0.25, -0.2) is 0 Å². The van der Waals surface area contributed by atoms with Crippen LogP contribution in [0.15, 0.2) is 0 Å². The molecule has 0 aliphatic carbocycles. The Morgan fingerprint density at radius 2 is 2.19 bits per heavy atom. The maximum atomic E-state index is 12.2. The highest BCUT2D eigenvalue weighted by Crippen LogP contribution is 2.24. The van der Waals surface area contributed by atoms with Crippen LogP contribution in [0.4, 0.5) is 0 Å². The smallest absolute Gasteiger partial charge is 0.326 e. The Hall–Kier alpha value is -0.650. The van der Waals surface area contributed by atoms with Crippen LogP contribution < -0.4 is 5.32 Å². The normalized spacial score (nSPS) is 27.9. The minimum atomic E-state index is -0.644. The highest BCUT2D eigenvalue weighted by atomic mass is 16.5. The predicted octanol–water partition coefficient (Wildman–Crippen LogP) is 1.81. The molecule has 0 amide bonds. The third-order valence-electron chi connectivity index (χ3n) is 4.53. The Morgan fingerprint density at radius 1 is 1.52 bits per heavy atom. The number of esters is 1. The van der Waals surface area contributed by atoms with Gasteiger partial charge < -0.3 is 14.8 Å². The zero-order valence-electron chi connectivity index (χ0n) is 14.4. The topological polar surface area (TPSA) is 50.8 Å². The molecule has 4 atom stereocenters. The van der Waals surface area contributed by atoms with E-state index in [0.29, 0.717) is 18.7 Å². The largest absolute Gasteiger partial charge is 0.465 e. The minimum absolute atomic E-state index is 0.172. The van der Waals surface area contributed by atoms with Gasteiger partial charge in [-0.1, -0.05) is 6.92 Å². The second kappa shape index (κ2) is 8.11. The first-order valence-electron chi connectivity index (χ1n) is 8.11. The molecule has 4 unspecified atom stereocenters. The SMILES string of the molecule is CCOC(=O)C(C)(CC(C)N1CC(C)OCC1CC)NC. The summed E-state index contributed by atoms with van der Waals surface area (Å²) in [4.78, 5) is 14.7. The van der Waals surface area contributed by atoms with Crippen molar-refractivity contribution < 1.29 is 14.3 Å². The molecule has 5 heteroatoms. The molecule has 1 saturated heterocycles. The molecule has 1 fully saturated rings. The fraction of sp³-hybridized carbons (Fsp3) is 0.938. The van der Waals surface area contributed by atoms with E-state index in [1.807, 2.05) is 20.9 Å². The molecule has 124 valence electrons. The lowest BCUT2D eigenvalue weighted by Crippen LogP contribution is -2.57. The van der Waals surface area contributed by atoms with Gasteiger partial charge in [0.1, 0.15) is 5.54 Å². The summed E-state index contributed by atoms with van der Waals surface area (Å²) in [7, 11) is 1.82. The van der Waals surface area contributed by atoms with Gasteiger partial charge in [-0.3, -0.25) is 9.69 Å². The van der Waals surface area contributed by atoms with Gasteiger partial charge in [0, 0.05) is 18.6 Å². The van der Waals surface area contributed by atoms with E-state index in [1.165, 1.54) is 0 Å². The third kappa shape index (κ3) is 4.66. The molecule has 1 aliphatic heterocycles. The molecule has 0 spiro atoms. The van der Waals surface area contributed by atoms with Crippen LogP contribution in [0.1, 0.15) is 47.5 Å². The van der Waals surface area contributed by atoms with Crippen molar-refractivity contribution in [3.8, 4) is 0 Å². The first kappa shape index (κ1) is 18.4. The number of carbonyl (C=O) groups excluding carboxylic acids is 1. The fourth-order valence-electron chi connectivity index (χ4n) is 3.05. The standard InChI is InChI=1S/C16H32N2O3/c1-7-14-11-21-13(4)10-18(14)12(3)9-16(5,17-6)15(19)20-8-2/h12-14,17H,7-11H2,1-6H3. The van der Waals surface area contributed by atoms with Crippen LogP contribution in [0.5, 0.6) is 0 Å². The summed E-state index contributed by atoms with van der Waals surface area (Å²) in [5.74, 6) is -0.172. The van der Waals surface area contributed by atoms with Gasteiger partial charge in [-0.05, 0) is 47.6 Å². The summed E-state index contributed by atoms with van der Waals surface area (Å²) in [5.41, 5.74) is -0.644. The third-order valence-corrected chi connectivity index (χ3v) is 4.53. The van der Waals surface area contributed by atoms with Crippen LogP contribution >= 0.6 is 0 Å². The first-order chi connectivity index (χ1) is 9.87. The van der Waals surface area contributed by atoms with E-state index in [4.69, 9.17) is 9.47 Å². The average molecular weight is 300 g/mol. The average Bonchev–Trinajstić information content (AvgIpc) is 2.47. The van der Waals surface area contributed by atoms with Crippen LogP contribution in [-0.2, 0) is 14.3 Å². The molecular formula is C16H32N2O3. The maximum Gasteiger partial charge on any atom is 0.326 e. The number of rotatable bonds is 7. The Kier molecular flexibility index (Phi) is 7.10. The molecule has 1 N–H and O–H groups in total. The van der Waals surface area contributed by atoms with Gasteiger partial charge in [-0.15, -0.1) is 0 Å². The zero-order valence-corrected chi connectivity index (χ0v) is 14.4. The summed E-state index contributed by atoms with van der Waals surface area (Å²) in [6.45, 7) is 12.4. The summed E-state index contributed by atoms with van der Waals surface area (Å²) in [5, 5.41) is 3.14. The number of nitrogens with zero attached hydrogens (tertiary/aromatic N) is 1. The lowest BCUT2D eigenvalue weighted by Gasteiger charge is -2.44. The Bertz CT molecular complexity index is 337. The fourth-order valence-corrected chi connectivity index (χ4v) is 3.05. The van der Waals surface area contributed by atoms with Crippen molar-refractivity contribution in [1.82, 2.24) is 10.2 Å². The van der Waals surface area contributed by atoms with Crippen molar-refractivity contribution in [2.45, 2.75) is 71.2 Å². The maximum absolute atomic E-state index is 12.2. The highest BCUT2D eigenvalue weighted by Gasteiger charge is 2.38. The Labute approximate surface area is 129 Å². The molecule has 5 nitrogen and oxygen atoms in total. The number of morpholine rings is 1. The lowest BCUT2D eigenvalue weighted by molar-refractivity contribution is -0.151. The van der Waals surface area contributed by atoms with E-state index in [1.54, 1.807) is 0 Å². The molecule has 0 aromatic heterocycles. The number of hydrogen-bond acceptors (Lipinski definition) is 5. The van der Waals surface area contributed by atoms with Crippen molar-refractivity contribution in [1.29, 1.82) is 0 Å². The molecule has 1 aliphatic rings. The molecule has 0 aromatic carbocycles. The number of hydrogen-bond donors (Lipinski definition) is 1. The summed E-state index contributed by atoms with van der Waals surface area (Å²) >= 11 is 0. The number of likely N-dealkylation sites (N-methyl/N-ethyl adjacent to an activating group) is 1. The van der Waals surface area contributed by atoms with E-state index >= 15 is 0 Å². The van der Waals surface area contributed by atoms with E-state index in [-0.39, 0.29) is 12.1 Å². The molecular weight excluding hydrogens is 268 g/mol. The first-order valence-corrected chi connectivity index (χ1v) is 8.11.